The average Bonchev–Trinajstić information content (AvgIpc) is 2.87. The van der Waals surface area contributed by atoms with Gasteiger partial charge in [-0.1, -0.05) is 19.1 Å². The van der Waals surface area contributed by atoms with Gasteiger partial charge in [-0.05, 0) is 30.0 Å². The van der Waals surface area contributed by atoms with E-state index in [1.807, 2.05) is 6.92 Å². The fourth-order valence-electron chi connectivity index (χ4n) is 2.09. The second-order valence-corrected chi connectivity index (χ2v) is 4.49. The van der Waals surface area contributed by atoms with E-state index in [1.54, 1.807) is 18.3 Å². The standard InChI is InChI=1S/C13H16FN3O/c1-9(6-10-2-4-11(14)5-3-10)12(8-18)13-7-15-17-16-13/h2-5,7,9,12,18H,6,8H2,1H3,(H,15,16,17). The van der Waals surface area contributed by atoms with Crippen LogP contribution in [0, 0.1) is 11.7 Å². The van der Waals surface area contributed by atoms with Crippen LogP contribution in [0.4, 0.5) is 4.39 Å². The van der Waals surface area contributed by atoms with Crippen LogP contribution >= 0.6 is 0 Å². The number of aliphatic hydroxyl groups excluding tert-OH is 1. The van der Waals surface area contributed by atoms with Gasteiger partial charge in [0.15, 0.2) is 0 Å². The molecule has 1 aromatic carbocycles. The Labute approximate surface area is 105 Å². The summed E-state index contributed by atoms with van der Waals surface area (Å²) in [4.78, 5) is 0. The van der Waals surface area contributed by atoms with E-state index in [1.165, 1.54) is 12.1 Å². The summed E-state index contributed by atoms with van der Waals surface area (Å²) in [6.07, 6.45) is 2.39. The van der Waals surface area contributed by atoms with Gasteiger partial charge in [-0.15, -0.1) is 0 Å². The van der Waals surface area contributed by atoms with Crippen LogP contribution in [0.3, 0.4) is 0 Å². The van der Waals surface area contributed by atoms with Gasteiger partial charge in [0.2, 0.25) is 0 Å². The molecule has 4 nitrogen and oxygen atoms in total. The van der Waals surface area contributed by atoms with Crippen LogP contribution in [-0.2, 0) is 6.42 Å². The Morgan fingerprint density at radius 1 is 1.33 bits per heavy atom. The van der Waals surface area contributed by atoms with E-state index < -0.39 is 0 Å². The summed E-state index contributed by atoms with van der Waals surface area (Å²) >= 11 is 0. The number of rotatable bonds is 5. The number of nitrogens with one attached hydrogen (secondary N) is 1. The van der Waals surface area contributed by atoms with Gasteiger partial charge in [-0.2, -0.15) is 15.4 Å². The molecule has 0 aliphatic carbocycles. The largest absolute Gasteiger partial charge is 0.396 e. The second-order valence-electron chi connectivity index (χ2n) is 4.49. The van der Waals surface area contributed by atoms with Gasteiger partial charge < -0.3 is 5.11 Å². The first-order chi connectivity index (χ1) is 8.70. The number of aromatic nitrogens is 3. The molecule has 0 bridgehead atoms. The summed E-state index contributed by atoms with van der Waals surface area (Å²) in [7, 11) is 0. The first-order valence-corrected chi connectivity index (χ1v) is 5.91. The summed E-state index contributed by atoms with van der Waals surface area (Å²) in [6.45, 7) is 2.06. The maximum Gasteiger partial charge on any atom is 0.123 e. The monoisotopic (exact) mass is 249 g/mol. The minimum absolute atomic E-state index is 0.0227. The van der Waals surface area contributed by atoms with Crippen molar-refractivity contribution in [3.8, 4) is 0 Å². The predicted molar refractivity (Wildman–Crippen MR) is 65.5 cm³/mol. The summed E-state index contributed by atoms with van der Waals surface area (Å²) in [5.74, 6) is -0.0963. The van der Waals surface area contributed by atoms with Crippen molar-refractivity contribution in [3.63, 3.8) is 0 Å². The highest BCUT2D eigenvalue weighted by atomic mass is 19.1. The summed E-state index contributed by atoms with van der Waals surface area (Å²) < 4.78 is 12.8. The minimum Gasteiger partial charge on any atom is -0.396 e. The second kappa shape index (κ2) is 5.73. The quantitative estimate of drug-likeness (QED) is 0.850. The van der Waals surface area contributed by atoms with E-state index in [0.717, 1.165) is 17.7 Å². The Morgan fingerprint density at radius 3 is 2.61 bits per heavy atom. The molecule has 0 fully saturated rings. The van der Waals surface area contributed by atoms with Crippen molar-refractivity contribution < 1.29 is 9.50 Å². The molecule has 96 valence electrons. The third kappa shape index (κ3) is 2.92. The number of aromatic amines is 1. The average molecular weight is 249 g/mol. The maximum atomic E-state index is 12.8. The molecule has 0 amide bonds. The van der Waals surface area contributed by atoms with Crippen molar-refractivity contribution in [1.29, 1.82) is 0 Å². The number of H-pyrrole nitrogens is 1. The van der Waals surface area contributed by atoms with Gasteiger partial charge in [0.1, 0.15) is 5.82 Å². The number of hydrogen-bond donors (Lipinski definition) is 2. The molecule has 2 atom stereocenters. The summed E-state index contributed by atoms with van der Waals surface area (Å²) in [5, 5.41) is 19.8. The molecule has 0 saturated heterocycles. The van der Waals surface area contributed by atoms with Gasteiger partial charge in [0.25, 0.3) is 0 Å². The smallest absolute Gasteiger partial charge is 0.123 e. The normalized spacial score (nSPS) is 14.4. The zero-order valence-corrected chi connectivity index (χ0v) is 10.2. The molecular weight excluding hydrogens is 233 g/mol. The fourth-order valence-corrected chi connectivity index (χ4v) is 2.09. The highest BCUT2D eigenvalue weighted by Gasteiger charge is 2.21. The van der Waals surface area contributed by atoms with Crippen LogP contribution in [0.1, 0.15) is 24.1 Å². The van der Waals surface area contributed by atoms with Crippen LogP contribution in [0.25, 0.3) is 0 Å². The first-order valence-electron chi connectivity index (χ1n) is 5.91. The van der Waals surface area contributed by atoms with E-state index >= 15 is 0 Å². The lowest BCUT2D eigenvalue weighted by Gasteiger charge is -2.19. The van der Waals surface area contributed by atoms with Gasteiger partial charge in [-0.3, -0.25) is 0 Å². The third-order valence-corrected chi connectivity index (χ3v) is 3.17. The van der Waals surface area contributed by atoms with Crippen molar-refractivity contribution >= 4 is 0 Å². The predicted octanol–water partition coefficient (Wildman–Crippen LogP) is 1.90. The molecule has 0 aliphatic heterocycles. The molecule has 0 saturated carbocycles. The molecule has 18 heavy (non-hydrogen) atoms. The first kappa shape index (κ1) is 12.7. The van der Waals surface area contributed by atoms with Crippen molar-refractivity contribution in [3.05, 3.63) is 47.5 Å². The number of aliphatic hydroxyl groups is 1. The number of benzene rings is 1. The van der Waals surface area contributed by atoms with Crippen LogP contribution < -0.4 is 0 Å². The zero-order valence-electron chi connectivity index (χ0n) is 10.2. The molecule has 0 spiro atoms. The molecule has 1 aromatic heterocycles. The minimum atomic E-state index is -0.235. The zero-order chi connectivity index (χ0) is 13.0. The van der Waals surface area contributed by atoms with Crippen molar-refractivity contribution in [2.45, 2.75) is 19.3 Å². The fraction of sp³-hybridized carbons (Fsp3) is 0.385. The van der Waals surface area contributed by atoms with Crippen LogP contribution in [0.5, 0.6) is 0 Å². The van der Waals surface area contributed by atoms with Gasteiger partial charge in [-0.25, -0.2) is 4.39 Å². The SMILES string of the molecule is CC(Cc1ccc(F)cc1)C(CO)c1cn[nH]n1. The Morgan fingerprint density at radius 2 is 2.06 bits per heavy atom. The Balaban J connectivity index is 2.06. The molecule has 0 radical (unpaired) electrons. The molecule has 2 N–H and O–H groups in total. The molecule has 5 heteroatoms. The third-order valence-electron chi connectivity index (χ3n) is 3.17. The van der Waals surface area contributed by atoms with E-state index in [9.17, 15) is 9.50 Å². The Bertz CT molecular complexity index is 469. The number of halogens is 1. The van der Waals surface area contributed by atoms with Crippen LogP contribution in [-0.4, -0.2) is 27.1 Å². The molecular formula is C13H16FN3O. The number of hydrogen-bond acceptors (Lipinski definition) is 3. The Hall–Kier alpha value is -1.75. The highest BCUT2D eigenvalue weighted by molar-refractivity contribution is 5.17. The van der Waals surface area contributed by atoms with Gasteiger partial charge >= 0.3 is 0 Å². The topological polar surface area (TPSA) is 61.8 Å². The van der Waals surface area contributed by atoms with Crippen molar-refractivity contribution in [2.75, 3.05) is 6.61 Å². The lowest BCUT2D eigenvalue weighted by atomic mass is 9.87. The van der Waals surface area contributed by atoms with E-state index in [-0.39, 0.29) is 24.3 Å². The van der Waals surface area contributed by atoms with Crippen molar-refractivity contribution in [2.24, 2.45) is 5.92 Å². The molecule has 1 heterocycles. The van der Waals surface area contributed by atoms with Gasteiger partial charge in [0, 0.05) is 5.92 Å². The summed E-state index contributed by atoms with van der Waals surface area (Å²) in [5.41, 5.74) is 1.80. The maximum absolute atomic E-state index is 12.8. The molecule has 2 rings (SSSR count). The van der Waals surface area contributed by atoms with E-state index in [0.29, 0.717) is 0 Å². The van der Waals surface area contributed by atoms with Crippen molar-refractivity contribution in [1.82, 2.24) is 15.4 Å². The lowest BCUT2D eigenvalue weighted by molar-refractivity contribution is 0.227. The lowest BCUT2D eigenvalue weighted by Crippen LogP contribution is -2.16. The summed E-state index contributed by atoms with van der Waals surface area (Å²) in [6, 6.07) is 6.43. The highest BCUT2D eigenvalue weighted by Crippen LogP contribution is 2.25. The molecule has 0 aliphatic rings. The van der Waals surface area contributed by atoms with E-state index in [2.05, 4.69) is 15.4 Å². The van der Waals surface area contributed by atoms with E-state index in [4.69, 9.17) is 0 Å². The number of nitrogens with zero attached hydrogens (tertiary/aromatic N) is 2. The molecule has 2 aromatic rings. The van der Waals surface area contributed by atoms with Crippen LogP contribution in [0.2, 0.25) is 0 Å². The van der Waals surface area contributed by atoms with Gasteiger partial charge in [0.05, 0.1) is 18.5 Å². The molecule has 2 unspecified atom stereocenters. The Kier molecular flexibility index (Phi) is 4.04. The van der Waals surface area contributed by atoms with Crippen LogP contribution in [0.15, 0.2) is 30.5 Å².